The molecule has 2 aliphatic rings. The van der Waals surface area contributed by atoms with E-state index in [1.165, 1.54) is 0 Å². The largest absolute Gasteiger partial charge is 0.343 e. The van der Waals surface area contributed by atoms with Gasteiger partial charge in [0.05, 0.1) is 0 Å². The Morgan fingerprint density at radius 3 is 2.14 bits per heavy atom. The second-order valence-electron chi connectivity index (χ2n) is 6.49. The van der Waals surface area contributed by atoms with Crippen molar-refractivity contribution >= 4 is 11.8 Å². The van der Waals surface area contributed by atoms with Gasteiger partial charge in [-0.05, 0) is 45.8 Å². The summed E-state index contributed by atoms with van der Waals surface area (Å²) in [5.74, 6) is 0.758. The molecule has 0 saturated carbocycles. The summed E-state index contributed by atoms with van der Waals surface area (Å²) < 4.78 is 0. The molecule has 2 heterocycles. The minimum atomic E-state index is 0.204. The topological polar surface area (TPSA) is 43.9 Å². The van der Waals surface area contributed by atoms with E-state index in [4.69, 9.17) is 0 Å². The van der Waals surface area contributed by atoms with Gasteiger partial charge in [0.15, 0.2) is 0 Å². The zero-order valence-electron chi connectivity index (χ0n) is 13.7. The van der Waals surface area contributed by atoms with E-state index in [-0.39, 0.29) is 11.8 Å². The third-order valence-corrected chi connectivity index (χ3v) is 5.09. The predicted octanol–water partition coefficient (Wildman–Crippen LogP) is 1.19. The SMILES string of the molecule is CCC(=O)N(C)C1CCN(C(=O)C2CCN(C)CC2)CC1. The number of carbonyl (C=O) groups is 2. The van der Waals surface area contributed by atoms with Gasteiger partial charge in [-0.3, -0.25) is 9.59 Å². The van der Waals surface area contributed by atoms with Gasteiger partial charge in [-0.15, -0.1) is 0 Å². The van der Waals surface area contributed by atoms with Gasteiger partial charge in [-0.1, -0.05) is 6.92 Å². The van der Waals surface area contributed by atoms with Gasteiger partial charge in [-0.2, -0.15) is 0 Å². The molecule has 0 aromatic carbocycles. The quantitative estimate of drug-likeness (QED) is 0.785. The molecule has 2 amide bonds. The first-order valence-corrected chi connectivity index (χ1v) is 8.26. The first-order chi connectivity index (χ1) is 10.0. The summed E-state index contributed by atoms with van der Waals surface area (Å²) in [6.45, 7) is 5.56. The Hall–Kier alpha value is -1.10. The maximum atomic E-state index is 12.6. The lowest BCUT2D eigenvalue weighted by molar-refractivity contribution is -0.139. The molecule has 2 fully saturated rings. The van der Waals surface area contributed by atoms with Crippen LogP contribution in [0.3, 0.4) is 0 Å². The van der Waals surface area contributed by atoms with Crippen molar-refractivity contribution in [3.8, 4) is 0 Å². The van der Waals surface area contributed by atoms with Gasteiger partial charge in [0.1, 0.15) is 0 Å². The molecule has 5 nitrogen and oxygen atoms in total. The minimum absolute atomic E-state index is 0.204. The average molecular weight is 295 g/mol. The molecule has 0 atom stereocenters. The van der Waals surface area contributed by atoms with E-state index in [0.717, 1.165) is 51.9 Å². The fourth-order valence-corrected chi connectivity index (χ4v) is 3.44. The molecule has 0 unspecified atom stereocenters. The summed E-state index contributed by atoms with van der Waals surface area (Å²) in [6.07, 6.45) is 4.37. The monoisotopic (exact) mass is 295 g/mol. The third-order valence-electron chi connectivity index (χ3n) is 5.09. The van der Waals surface area contributed by atoms with Gasteiger partial charge < -0.3 is 14.7 Å². The van der Waals surface area contributed by atoms with Crippen molar-refractivity contribution in [2.75, 3.05) is 40.3 Å². The lowest BCUT2D eigenvalue weighted by Gasteiger charge is -2.39. The van der Waals surface area contributed by atoms with Crippen molar-refractivity contribution < 1.29 is 9.59 Å². The van der Waals surface area contributed by atoms with E-state index in [2.05, 4.69) is 11.9 Å². The van der Waals surface area contributed by atoms with Crippen LogP contribution in [-0.4, -0.2) is 72.8 Å². The summed E-state index contributed by atoms with van der Waals surface area (Å²) in [5, 5.41) is 0. The molecule has 5 heteroatoms. The molecule has 120 valence electrons. The van der Waals surface area contributed by atoms with Crippen molar-refractivity contribution in [3.05, 3.63) is 0 Å². The van der Waals surface area contributed by atoms with Crippen LogP contribution in [-0.2, 0) is 9.59 Å². The molecule has 0 radical (unpaired) electrons. The van der Waals surface area contributed by atoms with Gasteiger partial charge >= 0.3 is 0 Å². The van der Waals surface area contributed by atoms with E-state index in [0.29, 0.717) is 18.4 Å². The lowest BCUT2D eigenvalue weighted by atomic mass is 9.94. The second-order valence-corrected chi connectivity index (χ2v) is 6.49. The van der Waals surface area contributed by atoms with Crippen molar-refractivity contribution in [3.63, 3.8) is 0 Å². The Labute approximate surface area is 128 Å². The number of rotatable bonds is 3. The van der Waals surface area contributed by atoms with Crippen LogP contribution in [0.1, 0.15) is 39.0 Å². The molecular weight excluding hydrogens is 266 g/mol. The average Bonchev–Trinajstić information content (AvgIpc) is 2.53. The Bertz CT molecular complexity index is 370. The highest BCUT2D eigenvalue weighted by Gasteiger charge is 2.31. The Kier molecular flexibility index (Phi) is 5.62. The van der Waals surface area contributed by atoms with Gasteiger partial charge in [0, 0.05) is 38.5 Å². The van der Waals surface area contributed by atoms with E-state index in [1.54, 1.807) is 0 Å². The highest BCUT2D eigenvalue weighted by molar-refractivity contribution is 5.79. The number of carbonyl (C=O) groups excluding carboxylic acids is 2. The summed E-state index contributed by atoms with van der Waals surface area (Å²) in [6, 6.07) is 0.305. The maximum absolute atomic E-state index is 12.6. The fraction of sp³-hybridized carbons (Fsp3) is 0.875. The molecule has 2 rings (SSSR count). The lowest BCUT2D eigenvalue weighted by Crippen LogP contribution is -2.49. The van der Waals surface area contributed by atoms with E-state index >= 15 is 0 Å². The normalized spacial score (nSPS) is 22.3. The van der Waals surface area contributed by atoms with Gasteiger partial charge in [0.2, 0.25) is 11.8 Å². The summed E-state index contributed by atoms with van der Waals surface area (Å²) in [7, 11) is 4.01. The fourth-order valence-electron chi connectivity index (χ4n) is 3.44. The number of hydrogen-bond donors (Lipinski definition) is 0. The van der Waals surface area contributed by atoms with Crippen LogP contribution in [0.25, 0.3) is 0 Å². The molecule has 0 aliphatic carbocycles. The molecule has 0 bridgehead atoms. The van der Waals surface area contributed by atoms with E-state index in [9.17, 15) is 9.59 Å². The van der Waals surface area contributed by atoms with Crippen molar-refractivity contribution in [1.29, 1.82) is 0 Å². The maximum Gasteiger partial charge on any atom is 0.225 e. The molecule has 21 heavy (non-hydrogen) atoms. The van der Waals surface area contributed by atoms with Crippen LogP contribution in [0.4, 0.5) is 0 Å². The van der Waals surface area contributed by atoms with Crippen molar-refractivity contribution in [1.82, 2.24) is 14.7 Å². The zero-order chi connectivity index (χ0) is 15.4. The van der Waals surface area contributed by atoms with Crippen LogP contribution in [0.2, 0.25) is 0 Å². The smallest absolute Gasteiger partial charge is 0.225 e. The van der Waals surface area contributed by atoms with Crippen LogP contribution in [0.15, 0.2) is 0 Å². The van der Waals surface area contributed by atoms with Crippen LogP contribution in [0, 0.1) is 5.92 Å². The van der Waals surface area contributed by atoms with Gasteiger partial charge in [0.25, 0.3) is 0 Å². The van der Waals surface area contributed by atoms with Crippen molar-refractivity contribution in [2.45, 2.75) is 45.1 Å². The molecule has 2 saturated heterocycles. The Morgan fingerprint density at radius 2 is 1.62 bits per heavy atom. The van der Waals surface area contributed by atoms with E-state index < -0.39 is 0 Å². The Balaban J connectivity index is 1.80. The predicted molar refractivity (Wildman–Crippen MR) is 82.9 cm³/mol. The summed E-state index contributed by atoms with van der Waals surface area (Å²) in [4.78, 5) is 30.5. The van der Waals surface area contributed by atoms with Crippen LogP contribution < -0.4 is 0 Å². The number of hydrogen-bond acceptors (Lipinski definition) is 3. The summed E-state index contributed by atoms with van der Waals surface area (Å²) >= 11 is 0. The summed E-state index contributed by atoms with van der Waals surface area (Å²) in [5.41, 5.74) is 0. The highest BCUT2D eigenvalue weighted by Crippen LogP contribution is 2.22. The molecular formula is C16H29N3O2. The van der Waals surface area contributed by atoms with Crippen LogP contribution in [0.5, 0.6) is 0 Å². The standard InChI is InChI=1S/C16H29N3O2/c1-4-15(20)18(3)14-7-11-19(12-8-14)16(21)13-5-9-17(2)10-6-13/h13-14H,4-12H2,1-3H3. The first-order valence-electron chi connectivity index (χ1n) is 8.26. The first kappa shape index (κ1) is 16.3. The molecule has 0 N–H and O–H groups in total. The number of amides is 2. The van der Waals surface area contributed by atoms with E-state index in [1.807, 2.05) is 23.8 Å². The van der Waals surface area contributed by atoms with Crippen LogP contribution >= 0.6 is 0 Å². The number of likely N-dealkylation sites (tertiary alicyclic amines) is 2. The molecule has 0 aromatic rings. The highest BCUT2D eigenvalue weighted by atomic mass is 16.2. The molecule has 2 aliphatic heterocycles. The number of nitrogens with zero attached hydrogens (tertiary/aromatic N) is 3. The number of piperidine rings is 2. The van der Waals surface area contributed by atoms with Gasteiger partial charge in [-0.25, -0.2) is 0 Å². The van der Waals surface area contributed by atoms with Crippen molar-refractivity contribution in [2.24, 2.45) is 5.92 Å². The molecule has 0 spiro atoms. The third kappa shape index (κ3) is 3.96. The Morgan fingerprint density at radius 1 is 1.05 bits per heavy atom. The molecule has 0 aromatic heterocycles. The second kappa shape index (κ2) is 7.25. The minimum Gasteiger partial charge on any atom is -0.343 e. The zero-order valence-corrected chi connectivity index (χ0v) is 13.7.